The van der Waals surface area contributed by atoms with Crippen molar-refractivity contribution in [3.8, 4) is 0 Å². The highest BCUT2D eigenvalue weighted by atomic mass is 19.4. The van der Waals surface area contributed by atoms with Crippen LogP contribution >= 0.6 is 0 Å². The average Bonchev–Trinajstić information content (AvgIpc) is 2.80. The number of benzene rings is 1. The van der Waals surface area contributed by atoms with E-state index < -0.39 is 24.7 Å². The lowest BCUT2D eigenvalue weighted by molar-refractivity contribution is -0.125. The quantitative estimate of drug-likeness (QED) is 0.784. The first-order valence-electron chi connectivity index (χ1n) is 5.39. The van der Waals surface area contributed by atoms with Crippen LogP contribution in [0.25, 0.3) is 0 Å². The minimum Gasteiger partial charge on any atom is -0.346 e. The Morgan fingerprint density at radius 2 is 1.72 bits per heavy atom. The Hall–Kier alpha value is -1.40. The molecule has 0 atom stereocenters. The van der Waals surface area contributed by atoms with Gasteiger partial charge in [-0.3, -0.25) is 4.79 Å². The summed E-state index contributed by atoms with van der Waals surface area (Å²) in [6.07, 6.45) is -6.41. The summed E-state index contributed by atoms with van der Waals surface area (Å²) in [5.74, 6) is -0.942. The Morgan fingerprint density at radius 1 is 1.17 bits per heavy atom. The Bertz CT molecular complexity index is 419. The Morgan fingerprint density at radius 3 is 2.22 bits per heavy atom. The van der Waals surface area contributed by atoms with Crippen LogP contribution in [0.15, 0.2) is 24.3 Å². The summed E-state index contributed by atoms with van der Waals surface area (Å²) in [6, 6.07) is 5.79. The molecule has 2 rings (SSSR count). The molecule has 0 saturated carbocycles. The molecule has 6 heteroatoms. The van der Waals surface area contributed by atoms with Gasteiger partial charge in [-0.15, -0.1) is 0 Å². The smallest absolute Gasteiger partial charge is 0.346 e. The highest BCUT2D eigenvalue weighted by Crippen LogP contribution is 2.25. The summed E-state index contributed by atoms with van der Waals surface area (Å²) >= 11 is 0. The van der Waals surface area contributed by atoms with Crippen molar-refractivity contribution in [2.24, 2.45) is 0 Å². The lowest BCUT2D eigenvalue weighted by atomic mass is 10.1. The highest BCUT2D eigenvalue weighted by molar-refractivity contribution is 5.96. The van der Waals surface area contributed by atoms with Gasteiger partial charge in [-0.1, -0.05) is 24.3 Å². The summed E-state index contributed by atoms with van der Waals surface area (Å²) in [4.78, 5) is 11.3. The Labute approximate surface area is 102 Å². The van der Waals surface area contributed by atoms with E-state index in [1.54, 1.807) is 12.1 Å². The number of hydrogen-bond acceptors (Lipinski definition) is 3. The molecule has 0 bridgehead atoms. The van der Waals surface area contributed by atoms with Crippen molar-refractivity contribution in [3.05, 3.63) is 35.4 Å². The number of ketones is 1. The average molecular weight is 260 g/mol. The van der Waals surface area contributed by atoms with Crippen molar-refractivity contribution in [1.29, 1.82) is 0 Å². The fourth-order valence-electron chi connectivity index (χ4n) is 1.66. The molecule has 1 saturated heterocycles. The number of carbonyl (C=O) groups excluding carboxylic acids is 1. The fraction of sp³-hybridized carbons (Fsp3) is 0.417. The molecule has 1 fully saturated rings. The lowest BCUT2D eigenvalue weighted by Crippen LogP contribution is -2.15. The van der Waals surface area contributed by atoms with Gasteiger partial charge in [0.15, 0.2) is 12.1 Å². The third-order valence-electron chi connectivity index (χ3n) is 2.49. The maximum Gasteiger partial charge on any atom is 0.396 e. The third kappa shape index (κ3) is 3.30. The van der Waals surface area contributed by atoms with Crippen molar-refractivity contribution in [3.63, 3.8) is 0 Å². The summed E-state index contributed by atoms with van der Waals surface area (Å²) in [6.45, 7) is 0.971. The number of alkyl halides is 3. The summed E-state index contributed by atoms with van der Waals surface area (Å²) in [7, 11) is 0. The van der Waals surface area contributed by atoms with Gasteiger partial charge in [0.25, 0.3) is 0 Å². The van der Waals surface area contributed by atoms with E-state index in [2.05, 4.69) is 0 Å². The number of rotatable bonds is 3. The lowest BCUT2D eigenvalue weighted by Gasteiger charge is -2.10. The zero-order chi connectivity index (χ0) is 13.2. The summed E-state index contributed by atoms with van der Waals surface area (Å²) in [5.41, 5.74) is 0.727. The van der Waals surface area contributed by atoms with Gasteiger partial charge in [0.1, 0.15) is 6.42 Å². The zero-order valence-electron chi connectivity index (χ0n) is 9.37. The van der Waals surface area contributed by atoms with Crippen molar-refractivity contribution >= 4 is 5.78 Å². The van der Waals surface area contributed by atoms with Crippen LogP contribution in [0.5, 0.6) is 0 Å². The first-order valence-corrected chi connectivity index (χ1v) is 5.39. The van der Waals surface area contributed by atoms with E-state index in [0.717, 1.165) is 0 Å². The molecule has 0 N–H and O–H groups in total. The van der Waals surface area contributed by atoms with E-state index in [0.29, 0.717) is 18.8 Å². The second-order valence-electron chi connectivity index (χ2n) is 3.91. The summed E-state index contributed by atoms with van der Waals surface area (Å²) < 4.78 is 46.6. The number of Topliss-reactive ketones (excluding diaryl/α,β-unsaturated/α-hetero) is 1. The molecular weight excluding hydrogens is 249 g/mol. The maximum absolute atomic E-state index is 12.1. The number of carbonyl (C=O) groups is 1. The van der Waals surface area contributed by atoms with Crippen molar-refractivity contribution in [2.45, 2.75) is 18.9 Å². The largest absolute Gasteiger partial charge is 0.396 e. The van der Waals surface area contributed by atoms with Crippen LogP contribution in [0.4, 0.5) is 13.2 Å². The SMILES string of the molecule is O=C(CC(F)(F)F)c1ccc(C2OCCO2)cc1. The molecule has 1 aliphatic rings. The fourth-order valence-corrected chi connectivity index (χ4v) is 1.66. The van der Waals surface area contributed by atoms with Crippen molar-refractivity contribution in [1.82, 2.24) is 0 Å². The second-order valence-corrected chi connectivity index (χ2v) is 3.91. The first kappa shape index (κ1) is 13.0. The topological polar surface area (TPSA) is 35.5 Å². The van der Waals surface area contributed by atoms with Gasteiger partial charge < -0.3 is 9.47 Å². The van der Waals surface area contributed by atoms with Gasteiger partial charge >= 0.3 is 6.18 Å². The van der Waals surface area contributed by atoms with Crippen LogP contribution in [0.3, 0.4) is 0 Å². The van der Waals surface area contributed by atoms with Crippen LogP contribution in [-0.4, -0.2) is 25.2 Å². The van der Waals surface area contributed by atoms with Crippen molar-refractivity contribution < 1.29 is 27.4 Å². The zero-order valence-corrected chi connectivity index (χ0v) is 9.37. The van der Waals surface area contributed by atoms with Crippen LogP contribution in [0.1, 0.15) is 28.6 Å². The van der Waals surface area contributed by atoms with Gasteiger partial charge in [-0.25, -0.2) is 0 Å². The molecule has 0 amide bonds. The minimum absolute atomic E-state index is 0.0362. The molecule has 1 heterocycles. The maximum atomic E-state index is 12.1. The molecule has 98 valence electrons. The molecule has 0 unspecified atom stereocenters. The number of hydrogen-bond donors (Lipinski definition) is 0. The minimum atomic E-state index is -4.48. The predicted molar refractivity (Wildman–Crippen MR) is 56.1 cm³/mol. The van der Waals surface area contributed by atoms with Crippen LogP contribution in [-0.2, 0) is 9.47 Å². The Kier molecular flexibility index (Phi) is 3.68. The predicted octanol–water partition coefficient (Wildman–Crippen LogP) is 2.87. The molecule has 0 radical (unpaired) electrons. The van der Waals surface area contributed by atoms with Crippen LogP contribution in [0.2, 0.25) is 0 Å². The van der Waals surface area contributed by atoms with Crippen LogP contribution < -0.4 is 0 Å². The van der Waals surface area contributed by atoms with Gasteiger partial charge in [-0.2, -0.15) is 13.2 Å². The summed E-state index contributed by atoms with van der Waals surface area (Å²) in [5, 5.41) is 0. The molecule has 0 spiro atoms. The molecule has 0 aliphatic carbocycles. The molecule has 1 aromatic rings. The van der Waals surface area contributed by atoms with Gasteiger partial charge in [-0.05, 0) is 0 Å². The second kappa shape index (κ2) is 5.07. The first-order chi connectivity index (χ1) is 8.46. The van der Waals surface area contributed by atoms with E-state index >= 15 is 0 Å². The van der Waals surface area contributed by atoms with E-state index in [1.807, 2.05) is 0 Å². The molecule has 1 aliphatic heterocycles. The number of ether oxygens (including phenoxy) is 2. The van der Waals surface area contributed by atoms with E-state index in [4.69, 9.17) is 9.47 Å². The molecular formula is C12H11F3O3. The third-order valence-corrected chi connectivity index (χ3v) is 2.49. The van der Waals surface area contributed by atoms with Gasteiger partial charge in [0.2, 0.25) is 0 Å². The molecule has 1 aromatic carbocycles. The molecule has 3 nitrogen and oxygen atoms in total. The normalized spacial score (nSPS) is 17.1. The van der Waals surface area contributed by atoms with Gasteiger partial charge in [0.05, 0.1) is 13.2 Å². The van der Waals surface area contributed by atoms with Crippen molar-refractivity contribution in [2.75, 3.05) is 13.2 Å². The van der Waals surface area contributed by atoms with Crippen LogP contribution in [0, 0.1) is 0 Å². The van der Waals surface area contributed by atoms with E-state index in [-0.39, 0.29) is 5.56 Å². The monoisotopic (exact) mass is 260 g/mol. The Balaban J connectivity index is 2.05. The highest BCUT2D eigenvalue weighted by Gasteiger charge is 2.31. The van der Waals surface area contributed by atoms with Gasteiger partial charge in [0, 0.05) is 11.1 Å². The van der Waals surface area contributed by atoms with E-state index in [1.165, 1.54) is 12.1 Å². The number of halogens is 3. The van der Waals surface area contributed by atoms with E-state index in [9.17, 15) is 18.0 Å². The molecule has 18 heavy (non-hydrogen) atoms. The molecule has 0 aromatic heterocycles. The standard InChI is InChI=1S/C12H11F3O3/c13-12(14,15)7-10(16)8-1-3-9(4-2-8)11-17-5-6-18-11/h1-4,11H,5-7H2.